The number of hydrogen-bond acceptors (Lipinski definition) is 4. The van der Waals surface area contributed by atoms with E-state index in [0.717, 1.165) is 42.3 Å². The smallest absolute Gasteiger partial charge is 0.161 e. The molecule has 1 aliphatic rings. The van der Waals surface area contributed by atoms with Crippen molar-refractivity contribution in [2.75, 3.05) is 26.4 Å². The van der Waals surface area contributed by atoms with E-state index in [2.05, 4.69) is 24.3 Å². The Labute approximate surface area is 168 Å². The highest BCUT2D eigenvalue weighted by Gasteiger charge is 2.26. The maximum Gasteiger partial charge on any atom is 0.161 e. The summed E-state index contributed by atoms with van der Waals surface area (Å²) in [6.07, 6.45) is 3.22. The molecule has 152 valence electrons. The summed E-state index contributed by atoms with van der Waals surface area (Å²) in [5.41, 5.74) is 4.04. The number of ether oxygens (including phenoxy) is 4. The quantitative estimate of drug-likeness (QED) is 0.538. The van der Waals surface area contributed by atoms with Crippen LogP contribution >= 0.6 is 0 Å². The predicted octanol–water partition coefficient (Wildman–Crippen LogP) is 5.55. The molecule has 0 saturated carbocycles. The van der Waals surface area contributed by atoms with Crippen LogP contribution in [0.1, 0.15) is 56.7 Å². The molecular formula is C24H32O4. The lowest BCUT2D eigenvalue weighted by atomic mass is 9.93. The molecule has 0 aliphatic heterocycles. The Kier molecular flexibility index (Phi) is 7.07. The van der Waals surface area contributed by atoms with Gasteiger partial charge in [-0.25, -0.2) is 0 Å². The second-order valence-electron chi connectivity index (χ2n) is 6.95. The van der Waals surface area contributed by atoms with Gasteiger partial charge in [0.2, 0.25) is 0 Å². The van der Waals surface area contributed by atoms with E-state index in [9.17, 15) is 0 Å². The van der Waals surface area contributed by atoms with Crippen molar-refractivity contribution in [1.29, 1.82) is 0 Å². The predicted molar refractivity (Wildman–Crippen MR) is 112 cm³/mol. The molecule has 0 heterocycles. The van der Waals surface area contributed by atoms with Gasteiger partial charge < -0.3 is 18.9 Å². The van der Waals surface area contributed by atoms with Crippen LogP contribution in [0, 0.1) is 0 Å². The van der Waals surface area contributed by atoms with Crippen molar-refractivity contribution in [3.63, 3.8) is 0 Å². The average Bonchev–Trinajstić information content (AvgIpc) is 3.06. The van der Waals surface area contributed by atoms with Gasteiger partial charge in [-0.15, -0.1) is 0 Å². The van der Waals surface area contributed by atoms with Gasteiger partial charge in [-0.3, -0.25) is 0 Å². The molecule has 2 aromatic rings. The van der Waals surface area contributed by atoms with Crippen LogP contribution in [0.15, 0.2) is 30.3 Å². The van der Waals surface area contributed by atoms with E-state index >= 15 is 0 Å². The summed E-state index contributed by atoms with van der Waals surface area (Å²) < 4.78 is 23.1. The van der Waals surface area contributed by atoms with E-state index in [1.807, 2.05) is 33.8 Å². The molecule has 1 aliphatic carbocycles. The first-order valence-corrected chi connectivity index (χ1v) is 10.5. The highest BCUT2D eigenvalue weighted by Crippen LogP contribution is 2.42. The Hall–Kier alpha value is -2.36. The Morgan fingerprint density at radius 1 is 0.714 bits per heavy atom. The van der Waals surface area contributed by atoms with E-state index in [-0.39, 0.29) is 0 Å². The van der Waals surface area contributed by atoms with Crippen molar-refractivity contribution in [3.8, 4) is 23.0 Å². The molecule has 4 heteroatoms. The van der Waals surface area contributed by atoms with Gasteiger partial charge in [0.05, 0.1) is 26.4 Å². The zero-order valence-electron chi connectivity index (χ0n) is 17.5. The minimum Gasteiger partial charge on any atom is -0.490 e. The SMILES string of the molecule is CCOc1ccc(CC2CCc3cc(OCC)c(OCC)cc32)cc1OCC. The first-order valence-electron chi connectivity index (χ1n) is 10.5. The molecular weight excluding hydrogens is 352 g/mol. The van der Waals surface area contributed by atoms with E-state index in [4.69, 9.17) is 18.9 Å². The minimum atomic E-state index is 0.484. The number of rotatable bonds is 10. The van der Waals surface area contributed by atoms with Crippen molar-refractivity contribution < 1.29 is 18.9 Å². The summed E-state index contributed by atoms with van der Waals surface area (Å²) in [5, 5.41) is 0. The Bertz CT molecular complexity index is 784. The molecule has 0 saturated heterocycles. The van der Waals surface area contributed by atoms with Gasteiger partial charge in [0, 0.05) is 0 Å². The van der Waals surface area contributed by atoms with E-state index in [1.165, 1.54) is 16.7 Å². The van der Waals surface area contributed by atoms with Gasteiger partial charge in [-0.05, 0) is 93.8 Å². The van der Waals surface area contributed by atoms with Crippen molar-refractivity contribution in [1.82, 2.24) is 0 Å². The molecule has 0 fully saturated rings. The van der Waals surface area contributed by atoms with E-state index < -0.39 is 0 Å². The Balaban J connectivity index is 1.84. The molecule has 0 N–H and O–H groups in total. The number of benzene rings is 2. The molecule has 0 radical (unpaired) electrons. The van der Waals surface area contributed by atoms with Gasteiger partial charge in [0.25, 0.3) is 0 Å². The molecule has 0 amide bonds. The lowest BCUT2D eigenvalue weighted by Gasteiger charge is -2.17. The number of aryl methyl sites for hydroxylation is 1. The largest absolute Gasteiger partial charge is 0.490 e. The van der Waals surface area contributed by atoms with Crippen molar-refractivity contribution >= 4 is 0 Å². The zero-order valence-corrected chi connectivity index (χ0v) is 17.5. The third-order valence-corrected chi connectivity index (χ3v) is 5.10. The number of fused-ring (bicyclic) bond motifs is 1. The summed E-state index contributed by atoms with van der Waals surface area (Å²) in [7, 11) is 0. The second kappa shape index (κ2) is 9.72. The molecule has 0 aromatic heterocycles. The molecule has 28 heavy (non-hydrogen) atoms. The summed E-state index contributed by atoms with van der Waals surface area (Å²) >= 11 is 0. The van der Waals surface area contributed by atoms with Crippen LogP contribution in [-0.2, 0) is 12.8 Å². The van der Waals surface area contributed by atoms with Crippen LogP contribution in [0.4, 0.5) is 0 Å². The molecule has 2 aromatic carbocycles. The maximum atomic E-state index is 5.85. The second-order valence-corrected chi connectivity index (χ2v) is 6.95. The Morgan fingerprint density at radius 2 is 1.29 bits per heavy atom. The van der Waals surface area contributed by atoms with Gasteiger partial charge in [-0.1, -0.05) is 6.07 Å². The Morgan fingerprint density at radius 3 is 1.93 bits per heavy atom. The molecule has 0 spiro atoms. The topological polar surface area (TPSA) is 36.9 Å². The van der Waals surface area contributed by atoms with Crippen LogP contribution in [0.2, 0.25) is 0 Å². The van der Waals surface area contributed by atoms with Gasteiger partial charge >= 0.3 is 0 Å². The minimum absolute atomic E-state index is 0.484. The van der Waals surface area contributed by atoms with Crippen molar-refractivity contribution in [3.05, 3.63) is 47.0 Å². The van der Waals surface area contributed by atoms with Crippen LogP contribution in [-0.4, -0.2) is 26.4 Å². The molecule has 3 rings (SSSR count). The molecule has 0 bridgehead atoms. The molecule has 1 atom stereocenters. The first kappa shape index (κ1) is 20.4. The summed E-state index contributed by atoms with van der Waals surface area (Å²) in [5.74, 6) is 3.86. The van der Waals surface area contributed by atoms with Gasteiger partial charge in [-0.2, -0.15) is 0 Å². The number of hydrogen-bond donors (Lipinski definition) is 0. The van der Waals surface area contributed by atoms with Crippen LogP contribution in [0.3, 0.4) is 0 Å². The monoisotopic (exact) mass is 384 g/mol. The van der Waals surface area contributed by atoms with Crippen LogP contribution < -0.4 is 18.9 Å². The fraction of sp³-hybridized carbons (Fsp3) is 0.500. The van der Waals surface area contributed by atoms with Crippen LogP contribution in [0.5, 0.6) is 23.0 Å². The fourth-order valence-corrected chi connectivity index (χ4v) is 3.96. The summed E-state index contributed by atoms with van der Waals surface area (Å²) in [4.78, 5) is 0. The lowest BCUT2D eigenvalue weighted by molar-refractivity contribution is 0.287. The van der Waals surface area contributed by atoms with Gasteiger partial charge in [0.1, 0.15) is 0 Å². The highest BCUT2D eigenvalue weighted by molar-refractivity contribution is 5.51. The van der Waals surface area contributed by atoms with Crippen molar-refractivity contribution in [2.24, 2.45) is 0 Å². The lowest BCUT2D eigenvalue weighted by Crippen LogP contribution is -2.04. The van der Waals surface area contributed by atoms with E-state index in [1.54, 1.807) is 0 Å². The third kappa shape index (κ3) is 4.54. The fourth-order valence-electron chi connectivity index (χ4n) is 3.96. The third-order valence-electron chi connectivity index (χ3n) is 5.10. The highest BCUT2D eigenvalue weighted by atomic mass is 16.5. The van der Waals surface area contributed by atoms with Crippen molar-refractivity contribution in [2.45, 2.75) is 52.9 Å². The maximum absolute atomic E-state index is 5.85. The normalized spacial score (nSPS) is 15.2. The molecule has 4 nitrogen and oxygen atoms in total. The molecule has 1 unspecified atom stereocenters. The first-order chi connectivity index (χ1) is 13.7. The average molecular weight is 385 g/mol. The van der Waals surface area contributed by atoms with E-state index in [0.29, 0.717) is 32.3 Å². The van der Waals surface area contributed by atoms with Crippen LogP contribution in [0.25, 0.3) is 0 Å². The van der Waals surface area contributed by atoms with Gasteiger partial charge in [0.15, 0.2) is 23.0 Å². The summed E-state index contributed by atoms with van der Waals surface area (Å²) in [6.45, 7) is 10.6. The summed E-state index contributed by atoms with van der Waals surface area (Å²) in [6, 6.07) is 10.7. The standard InChI is InChI=1S/C24H32O4/c1-5-25-21-12-9-17(14-22(21)26-6-2)13-18-10-11-19-15-23(27-7-3)24(28-8-4)16-20(18)19/h9,12,14-16,18H,5-8,10-11,13H2,1-4H3. The zero-order chi connectivity index (χ0) is 19.9.